The summed E-state index contributed by atoms with van der Waals surface area (Å²) in [5.41, 5.74) is 1.79. The van der Waals surface area contributed by atoms with E-state index in [1.807, 2.05) is 12.1 Å². The summed E-state index contributed by atoms with van der Waals surface area (Å²) < 4.78 is 6.14. The quantitative estimate of drug-likeness (QED) is 0.731. The first-order valence-corrected chi connectivity index (χ1v) is 7.45. The number of hydrogen-bond acceptors (Lipinski definition) is 1. The van der Waals surface area contributed by atoms with E-state index >= 15 is 0 Å². The van der Waals surface area contributed by atoms with E-state index in [-0.39, 0.29) is 0 Å². The fourth-order valence-electron chi connectivity index (χ4n) is 3.18. The monoisotopic (exact) mass is 264 g/mol. The van der Waals surface area contributed by atoms with Gasteiger partial charge in [-0.1, -0.05) is 37.9 Å². The van der Waals surface area contributed by atoms with Crippen LogP contribution in [0.15, 0.2) is 18.2 Å². The van der Waals surface area contributed by atoms with Crippen molar-refractivity contribution in [2.45, 2.75) is 58.0 Å². The van der Waals surface area contributed by atoms with Crippen molar-refractivity contribution in [3.63, 3.8) is 0 Å². The Labute approximate surface area is 114 Å². The van der Waals surface area contributed by atoms with Gasteiger partial charge in [0.2, 0.25) is 0 Å². The van der Waals surface area contributed by atoms with Gasteiger partial charge in [0, 0.05) is 5.41 Å². The third kappa shape index (κ3) is 1.93. The summed E-state index contributed by atoms with van der Waals surface area (Å²) in [6.45, 7) is 4.36. The van der Waals surface area contributed by atoms with E-state index in [4.69, 9.17) is 16.3 Å². The highest BCUT2D eigenvalue weighted by Crippen LogP contribution is 2.57. The van der Waals surface area contributed by atoms with E-state index < -0.39 is 0 Å². The van der Waals surface area contributed by atoms with Gasteiger partial charge in [0.05, 0.1) is 5.02 Å². The van der Waals surface area contributed by atoms with Crippen molar-refractivity contribution in [2.24, 2.45) is 5.41 Å². The summed E-state index contributed by atoms with van der Waals surface area (Å²) in [6, 6.07) is 6.23. The van der Waals surface area contributed by atoms with Crippen LogP contribution in [0.1, 0.15) is 57.4 Å². The summed E-state index contributed by atoms with van der Waals surface area (Å²) >= 11 is 6.33. The zero-order valence-corrected chi connectivity index (χ0v) is 12.0. The first-order chi connectivity index (χ1) is 8.61. The molecule has 0 radical (unpaired) electrons. The van der Waals surface area contributed by atoms with Crippen LogP contribution in [0.3, 0.4) is 0 Å². The minimum absolute atomic E-state index is 0.411. The molecule has 2 aliphatic rings. The Morgan fingerprint density at radius 2 is 2.06 bits per heavy atom. The number of benzene rings is 1. The van der Waals surface area contributed by atoms with E-state index in [0.29, 0.717) is 17.4 Å². The SMILES string of the molecule is CC(C)c1ccc(OC2CCC23CCC3)c(Cl)c1. The van der Waals surface area contributed by atoms with Crippen molar-refractivity contribution in [3.05, 3.63) is 28.8 Å². The van der Waals surface area contributed by atoms with Gasteiger partial charge in [-0.3, -0.25) is 0 Å². The molecule has 0 saturated heterocycles. The molecule has 0 amide bonds. The fraction of sp³-hybridized carbons (Fsp3) is 0.625. The molecule has 3 rings (SSSR count). The molecule has 0 aliphatic heterocycles. The van der Waals surface area contributed by atoms with Crippen LogP contribution in [0.5, 0.6) is 5.75 Å². The maximum Gasteiger partial charge on any atom is 0.138 e. The van der Waals surface area contributed by atoms with Crippen molar-refractivity contribution in [2.75, 3.05) is 0 Å². The average Bonchev–Trinajstić information content (AvgIpc) is 2.23. The largest absolute Gasteiger partial charge is 0.488 e. The molecule has 2 saturated carbocycles. The van der Waals surface area contributed by atoms with Gasteiger partial charge in [0.25, 0.3) is 0 Å². The van der Waals surface area contributed by atoms with Crippen molar-refractivity contribution in [3.8, 4) is 5.75 Å². The first kappa shape index (κ1) is 12.3. The lowest BCUT2D eigenvalue weighted by atomic mass is 9.54. The lowest BCUT2D eigenvalue weighted by Crippen LogP contribution is -2.52. The number of rotatable bonds is 3. The third-order valence-electron chi connectivity index (χ3n) is 4.83. The minimum Gasteiger partial charge on any atom is -0.488 e. The predicted octanol–water partition coefficient (Wildman–Crippen LogP) is 5.17. The molecule has 18 heavy (non-hydrogen) atoms. The summed E-state index contributed by atoms with van der Waals surface area (Å²) in [6.07, 6.45) is 7.02. The van der Waals surface area contributed by atoms with Crippen LogP contribution in [0.25, 0.3) is 0 Å². The van der Waals surface area contributed by atoms with Gasteiger partial charge in [-0.05, 0) is 49.3 Å². The molecule has 0 N–H and O–H groups in total. The van der Waals surface area contributed by atoms with Gasteiger partial charge < -0.3 is 4.74 Å². The lowest BCUT2D eigenvalue weighted by Gasteiger charge is -2.55. The molecule has 1 nitrogen and oxygen atoms in total. The second kappa shape index (κ2) is 4.45. The highest BCUT2D eigenvalue weighted by molar-refractivity contribution is 6.32. The maximum atomic E-state index is 6.33. The van der Waals surface area contributed by atoms with E-state index in [0.717, 1.165) is 10.8 Å². The number of ether oxygens (including phenoxy) is 1. The Balaban J connectivity index is 1.73. The van der Waals surface area contributed by atoms with Crippen LogP contribution < -0.4 is 4.74 Å². The van der Waals surface area contributed by atoms with Crippen molar-refractivity contribution in [1.29, 1.82) is 0 Å². The van der Waals surface area contributed by atoms with E-state index in [9.17, 15) is 0 Å². The van der Waals surface area contributed by atoms with Gasteiger partial charge in [0.1, 0.15) is 11.9 Å². The normalized spacial score (nSPS) is 24.8. The molecule has 0 aromatic heterocycles. The first-order valence-electron chi connectivity index (χ1n) is 7.07. The molecule has 98 valence electrons. The number of halogens is 1. The van der Waals surface area contributed by atoms with Crippen LogP contribution in [0.4, 0.5) is 0 Å². The Bertz CT molecular complexity index is 443. The van der Waals surface area contributed by atoms with Crippen LogP contribution in [0.2, 0.25) is 5.02 Å². The maximum absolute atomic E-state index is 6.33. The summed E-state index contributed by atoms with van der Waals surface area (Å²) in [4.78, 5) is 0. The van der Waals surface area contributed by atoms with Gasteiger partial charge in [-0.2, -0.15) is 0 Å². The van der Waals surface area contributed by atoms with Gasteiger partial charge >= 0.3 is 0 Å². The second-order valence-corrected chi connectivity index (χ2v) is 6.61. The Kier molecular flexibility index (Phi) is 3.05. The zero-order chi connectivity index (χ0) is 12.8. The topological polar surface area (TPSA) is 9.23 Å². The van der Waals surface area contributed by atoms with E-state index in [1.54, 1.807) is 0 Å². The van der Waals surface area contributed by atoms with Crippen molar-refractivity contribution >= 4 is 11.6 Å². The van der Waals surface area contributed by atoms with Crippen molar-refractivity contribution in [1.82, 2.24) is 0 Å². The third-order valence-corrected chi connectivity index (χ3v) is 5.12. The molecular weight excluding hydrogens is 244 g/mol. The highest BCUT2D eigenvalue weighted by Gasteiger charge is 2.52. The molecule has 2 aliphatic carbocycles. The van der Waals surface area contributed by atoms with E-state index in [2.05, 4.69) is 19.9 Å². The summed E-state index contributed by atoms with van der Waals surface area (Å²) in [5, 5.41) is 0.766. The molecule has 1 aromatic carbocycles. The Hall–Kier alpha value is -0.690. The molecule has 2 fully saturated rings. The Morgan fingerprint density at radius 3 is 2.50 bits per heavy atom. The molecule has 0 bridgehead atoms. The average molecular weight is 265 g/mol. The summed E-state index contributed by atoms with van der Waals surface area (Å²) in [7, 11) is 0. The molecule has 1 atom stereocenters. The smallest absolute Gasteiger partial charge is 0.138 e. The van der Waals surface area contributed by atoms with Crippen molar-refractivity contribution < 1.29 is 4.74 Å². The van der Waals surface area contributed by atoms with Crippen LogP contribution in [-0.4, -0.2) is 6.10 Å². The standard InChI is InChI=1S/C16H21ClO/c1-11(2)12-4-5-14(13(17)10-12)18-15-6-9-16(15)7-3-8-16/h4-5,10-11,15H,3,6-9H2,1-2H3. The van der Waals surface area contributed by atoms with Crippen LogP contribution >= 0.6 is 11.6 Å². The fourth-order valence-corrected chi connectivity index (χ4v) is 3.42. The van der Waals surface area contributed by atoms with E-state index in [1.165, 1.54) is 37.7 Å². The molecular formula is C16H21ClO. The molecule has 1 spiro atoms. The van der Waals surface area contributed by atoms with Gasteiger partial charge in [-0.15, -0.1) is 0 Å². The second-order valence-electron chi connectivity index (χ2n) is 6.21. The Morgan fingerprint density at radius 1 is 1.28 bits per heavy atom. The number of hydrogen-bond donors (Lipinski definition) is 0. The zero-order valence-electron chi connectivity index (χ0n) is 11.2. The molecule has 2 heteroatoms. The molecule has 1 aromatic rings. The van der Waals surface area contributed by atoms with Crippen LogP contribution in [-0.2, 0) is 0 Å². The van der Waals surface area contributed by atoms with Crippen LogP contribution in [0, 0.1) is 5.41 Å². The lowest BCUT2D eigenvalue weighted by molar-refractivity contribution is -0.0999. The molecule has 0 heterocycles. The highest BCUT2D eigenvalue weighted by atomic mass is 35.5. The van der Waals surface area contributed by atoms with Gasteiger partial charge in [-0.25, -0.2) is 0 Å². The summed E-state index contributed by atoms with van der Waals surface area (Å²) in [5.74, 6) is 1.38. The minimum atomic E-state index is 0.411. The van der Waals surface area contributed by atoms with Gasteiger partial charge in [0.15, 0.2) is 0 Å². The molecule has 1 unspecified atom stereocenters. The predicted molar refractivity (Wildman–Crippen MR) is 75.5 cm³/mol.